The lowest BCUT2D eigenvalue weighted by molar-refractivity contribution is -0.127. The molecule has 5 nitrogen and oxygen atoms in total. The molecule has 2 aliphatic rings. The topological polar surface area (TPSA) is 74.2 Å². The molecule has 1 aromatic heterocycles. The van der Waals surface area contributed by atoms with E-state index in [-0.39, 0.29) is 23.7 Å². The van der Waals surface area contributed by atoms with Gasteiger partial charge in [-0.3, -0.25) is 15.1 Å². The van der Waals surface area contributed by atoms with E-state index in [2.05, 4.69) is 15.6 Å². The third kappa shape index (κ3) is 2.44. The van der Waals surface area contributed by atoms with E-state index in [0.29, 0.717) is 21.5 Å². The van der Waals surface area contributed by atoms with E-state index >= 15 is 0 Å². The monoisotopic (exact) mass is 331 g/mol. The van der Waals surface area contributed by atoms with E-state index in [1.807, 2.05) is 0 Å². The molecule has 1 aromatic carbocycles. The van der Waals surface area contributed by atoms with Crippen LogP contribution in [0.2, 0.25) is 5.02 Å². The highest BCUT2D eigenvalue weighted by molar-refractivity contribution is 6.35. The highest BCUT2D eigenvalue weighted by Gasteiger charge is 2.38. The highest BCUT2D eigenvalue weighted by atomic mass is 35.5. The second-order valence-corrected chi connectivity index (χ2v) is 6.71. The highest BCUT2D eigenvalue weighted by Crippen LogP contribution is 2.38. The summed E-state index contributed by atoms with van der Waals surface area (Å²) in [6.45, 7) is 0. The van der Waals surface area contributed by atoms with Crippen LogP contribution in [0.3, 0.4) is 0 Å². The van der Waals surface area contributed by atoms with Gasteiger partial charge in [0.25, 0.3) is 0 Å². The minimum Gasteiger partial charge on any atom is -0.505 e. The normalized spacial score (nSPS) is 27.5. The van der Waals surface area contributed by atoms with Crippen molar-refractivity contribution in [1.82, 2.24) is 15.6 Å². The van der Waals surface area contributed by atoms with E-state index in [9.17, 15) is 9.90 Å². The first-order valence-electron chi connectivity index (χ1n) is 7.97. The number of pyridine rings is 1. The predicted molar refractivity (Wildman–Crippen MR) is 88.5 cm³/mol. The van der Waals surface area contributed by atoms with Crippen molar-refractivity contribution in [2.24, 2.45) is 0 Å². The van der Waals surface area contributed by atoms with E-state index < -0.39 is 6.04 Å². The molecule has 2 fully saturated rings. The Morgan fingerprint density at radius 1 is 1.26 bits per heavy atom. The Bertz CT molecular complexity index is 780. The van der Waals surface area contributed by atoms with Gasteiger partial charge in [-0.2, -0.15) is 0 Å². The molecule has 0 unspecified atom stereocenters. The van der Waals surface area contributed by atoms with Gasteiger partial charge in [-0.1, -0.05) is 24.4 Å². The number of phenols is 1. The molecule has 1 aliphatic heterocycles. The fourth-order valence-electron chi connectivity index (χ4n) is 3.72. The van der Waals surface area contributed by atoms with Gasteiger partial charge in [0.05, 0.1) is 5.02 Å². The number of piperazine rings is 1. The first-order chi connectivity index (χ1) is 11.1. The summed E-state index contributed by atoms with van der Waals surface area (Å²) in [5, 5.41) is 18.3. The first kappa shape index (κ1) is 14.7. The summed E-state index contributed by atoms with van der Waals surface area (Å²) >= 11 is 6.33. The third-order valence-corrected chi connectivity index (χ3v) is 5.21. The summed E-state index contributed by atoms with van der Waals surface area (Å²) in [7, 11) is 0. The molecule has 3 atom stereocenters. The number of hydrogen-bond acceptors (Lipinski definition) is 4. The number of nitrogens with one attached hydrogen (secondary N) is 2. The van der Waals surface area contributed by atoms with Crippen molar-refractivity contribution in [1.29, 1.82) is 0 Å². The van der Waals surface area contributed by atoms with Gasteiger partial charge in [0.1, 0.15) is 17.3 Å². The molecular formula is C17H18ClN3O2. The third-order valence-electron chi connectivity index (χ3n) is 4.89. The number of carbonyl (C=O) groups excluding carboxylic acids is 1. The van der Waals surface area contributed by atoms with Gasteiger partial charge in [0.15, 0.2) is 0 Å². The average molecular weight is 332 g/mol. The van der Waals surface area contributed by atoms with E-state index in [4.69, 9.17) is 11.6 Å². The van der Waals surface area contributed by atoms with Crippen molar-refractivity contribution in [2.75, 3.05) is 0 Å². The number of aromatic hydroxyl groups is 1. The van der Waals surface area contributed by atoms with Crippen molar-refractivity contribution in [2.45, 2.75) is 43.8 Å². The molecule has 3 N–H and O–H groups in total. The molecule has 120 valence electrons. The molecule has 6 heteroatoms. The summed E-state index contributed by atoms with van der Waals surface area (Å²) in [6.07, 6.45) is 5.94. The van der Waals surface area contributed by atoms with E-state index in [1.165, 1.54) is 0 Å². The SMILES string of the molecule is O=C1N[C@H]2CCCC[C@@H]2N[C@@H]1c1cc(Cl)c2cccnc2c1O. The molecule has 0 bridgehead atoms. The molecule has 0 spiro atoms. The van der Waals surface area contributed by atoms with Crippen molar-refractivity contribution in [3.8, 4) is 5.75 Å². The maximum Gasteiger partial charge on any atom is 0.242 e. The number of carbonyl (C=O) groups is 1. The maximum absolute atomic E-state index is 12.5. The van der Waals surface area contributed by atoms with Crippen molar-refractivity contribution >= 4 is 28.4 Å². The molecule has 1 amide bonds. The molecule has 1 saturated heterocycles. The smallest absolute Gasteiger partial charge is 0.242 e. The summed E-state index contributed by atoms with van der Waals surface area (Å²) in [5.41, 5.74) is 0.915. The van der Waals surface area contributed by atoms with Crippen LogP contribution in [0.15, 0.2) is 24.4 Å². The number of benzene rings is 1. The van der Waals surface area contributed by atoms with Gasteiger partial charge in [-0.05, 0) is 31.0 Å². The number of hydrogen-bond donors (Lipinski definition) is 3. The van der Waals surface area contributed by atoms with Crippen LogP contribution in [0.25, 0.3) is 10.9 Å². The number of nitrogens with zero attached hydrogens (tertiary/aromatic N) is 1. The van der Waals surface area contributed by atoms with Crippen LogP contribution in [0.5, 0.6) is 5.75 Å². The summed E-state index contributed by atoms with van der Waals surface area (Å²) < 4.78 is 0. The van der Waals surface area contributed by atoms with Gasteiger partial charge < -0.3 is 10.4 Å². The molecule has 2 aromatic rings. The lowest BCUT2D eigenvalue weighted by Gasteiger charge is -2.40. The van der Waals surface area contributed by atoms with E-state index in [0.717, 1.165) is 25.7 Å². The maximum atomic E-state index is 12.5. The van der Waals surface area contributed by atoms with Crippen LogP contribution in [-0.4, -0.2) is 28.1 Å². The van der Waals surface area contributed by atoms with Crippen molar-refractivity contribution in [3.05, 3.63) is 35.0 Å². The van der Waals surface area contributed by atoms with Gasteiger partial charge in [0, 0.05) is 29.2 Å². The largest absolute Gasteiger partial charge is 0.505 e. The van der Waals surface area contributed by atoms with Crippen LogP contribution in [-0.2, 0) is 4.79 Å². The van der Waals surface area contributed by atoms with Gasteiger partial charge >= 0.3 is 0 Å². The lowest BCUT2D eigenvalue weighted by Crippen LogP contribution is -2.61. The minimum atomic E-state index is -0.599. The molecular weight excluding hydrogens is 314 g/mol. The number of aromatic nitrogens is 1. The molecule has 1 saturated carbocycles. The van der Waals surface area contributed by atoms with Crippen molar-refractivity contribution in [3.63, 3.8) is 0 Å². The zero-order valence-corrected chi connectivity index (χ0v) is 13.3. The van der Waals surface area contributed by atoms with Crippen LogP contribution in [0, 0.1) is 0 Å². The summed E-state index contributed by atoms with van der Waals surface area (Å²) in [5.74, 6) is -0.0956. The Balaban J connectivity index is 1.76. The Hall–Kier alpha value is -1.85. The number of phenolic OH excluding ortho intramolecular Hbond substituents is 1. The predicted octanol–water partition coefficient (Wildman–Crippen LogP) is 2.67. The molecule has 0 radical (unpaired) electrons. The Labute approximate surface area is 139 Å². The number of rotatable bonds is 1. The Morgan fingerprint density at radius 2 is 2.04 bits per heavy atom. The van der Waals surface area contributed by atoms with Crippen LogP contribution in [0.4, 0.5) is 0 Å². The molecule has 2 heterocycles. The first-order valence-corrected chi connectivity index (χ1v) is 8.35. The summed E-state index contributed by atoms with van der Waals surface area (Å²) in [6, 6.07) is 5.07. The second kappa shape index (κ2) is 5.65. The Morgan fingerprint density at radius 3 is 2.87 bits per heavy atom. The zero-order valence-electron chi connectivity index (χ0n) is 12.6. The molecule has 4 rings (SSSR count). The fraction of sp³-hybridized carbons (Fsp3) is 0.412. The minimum absolute atomic E-state index is 0.0203. The van der Waals surface area contributed by atoms with Crippen LogP contribution < -0.4 is 10.6 Å². The van der Waals surface area contributed by atoms with Crippen LogP contribution >= 0.6 is 11.6 Å². The number of amides is 1. The lowest BCUT2D eigenvalue weighted by atomic mass is 9.86. The average Bonchev–Trinajstić information content (AvgIpc) is 2.58. The standard InChI is InChI=1S/C17H18ClN3O2/c18-11-8-10(16(22)14-9(11)4-3-7-19-14)15-17(23)21-13-6-2-1-5-12(13)20-15/h3-4,7-8,12-13,15,20,22H,1-2,5-6H2,(H,21,23)/t12-,13-,15+/m0/s1. The van der Waals surface area contributed by atoms with Gasteiger partial charge in [-0.15, -0.1) is 0 Å². The van der Waals surface area contributed by atoms with Gasteiger partial charge in [-0.25, -0.2) is 0 Å². The Kier molecular flexibility index (Phi) is 3.62. The number of fused-ring (bicyclic) bond motifs is 2. The fourth-order valence-corrected chi connectivity index (χ4v) is 3.99. The quantitative estimate of drug-likeness (QED) is 0.751. The second-order valence-electron chi connectivity index (χ2n) is 6.30. The zero-order chi connectivity index (χ0) is 16.0. The summed E-state index contributed by atoms with van der Waals surface area (Å²) in [4.78, 5) is 16.7. The van der Waals surface area contributed by atoms with Gasteiger partial charge in [0.2, 0.25) is 5.91 Å². The van der Waals surface area contributed by atoms with E-state index in [1.54, 1.807) is 24.4 Å². The molecule has 1 aliphatic carbocycles. The van der Waals surface area contributed by atoms with Crippen LogP contribution in [0.1, 0.15) is 37.3 Å². The van der Waals surface area contributed by atoms with Crippen molar-refractivity contribution < 1.29 is 9.90 Å². The molecule has 23 heavy (non-hydrogen) atoms. The number of halogens is 1.